The number of nitriles is 2. The van der Waals surface area contributed by atoms with Crippen LogP contribution < -0.4 is 0 Å². The fraction of sp³-hybridized carbons (Fsp3) is 0. The van der Waals surface area contributed by atoms with E-state index in [9.17, 15) is 5.26 Å². The summed E-state index contributed by atoms with van der Waals surface area (Å²) in [6.45, 7) is 7.71. The van der Waals surface area contributed by atoms with Gasteiger partial charge >= 0.3 is 0 Å². The standard InChI is InChI=1S/C41H23NO2.C37H23N.C35H19NO2/c42-24-27-10-1-2-13-28(27)25-11-9-12-26(22-25)29-20-21-34(31-15-4-3-14-30(29)31)39-40-35(32-16-5-7-18-37(32)43-40)23-36-33-17-6-8-19-38(33)44-41(36)39;38-24-25-14-16-26(17-15-25)28-18-19-30-23-31(21-20-29(30)22-28)37-34-12-6-4-10-32(34)36(27-8-2-1-3-9-27)33-11-5-7-13-35(33)37;1-36-30-15-7-4-12-24(30)23-18-19-27(22-11-3-2-10-21(22)23)33-34-28(25-13-5-8-16-31(25)37-34)20-29-26-14-6-9-17-32(26)38-35(29)33/h1-23H;1-23H;2-20H. The monoisotopic (exact) mass is 1530 g/mol. The summed E-state index contributed by atoms with van der Waals surface area (Å²) < 4.78 is 26.3. The smallest absolute Gasteiger partial charge is 0.194 e. The number of hydrogen-bond acceptors (Lipinski definition) is 6. The van der Waals surface area contributed by atoms with Crippen molar-refractivity contribution in [2.45, 2.75) is 0 Å². The van der Waals surface area contributed by atoms with Crippen LogP contribution in [-0.4, -0.2) is 0 Å². The van der Waals surface area contributed by atoms with Crippen molar-refractivity contribution in [1.82, 2.24) is 0 Å². The van der Waals surface area contributed by atoms with Crippen molar-refractivity contribution in [3.63, 3.8) is 0 Å². The number of nitrogens with zero attached hydrogens (tertiary/aromatic N) is 3. The Hall–Kier alpha value is -16.6. The number of rotatable bonds is 8. The Morgan fingerprint density at radius 1 is 0.208 bits per heavy atom. The molecule has 0 aliphatic heterocycles. The Bertz CT molecular complexity index is 8230. The lowest BCUT2D eigenvalue weighted by Crippen LogP contribution is -1.90. The number of para-hydroxylation sites is 5. The molecule has 0 fully saturated rings. The molecule has 0 radical (unpaired) electrons. The molecule has 120 heavy (non-hydrogen) atoms. The Labute approximate surface area is 689 Å². The molecule has 0 aliphatic carbocycles. The molecule has 0 bridgehead atoms. The molecule has 4 heterocycles. The first kappa shape index (κ1) is 70.0. The number of furan rings is 4. The minimum Gasteiger partial charge on any atom is -0.455 e. The molecule has 0 spiro atoms. The van der Waals surface area contributed by atoms with Gasteiger partial charge in [0.25, 0.3) is 0 Å². The molecule has 7 nitrogen and oxygen atoms in total. The highest BCUT2D eigenvalue weighted by atomic mass is 16.4. The van der Waals surface area contributed by atoms with Crippen LogP contribution >= 0.6 is 0 Å². The Balaban J connectivity index is 0.000000108. The van der Waals surface area contributed by atoms with Crippen molar-refractivity contribution in [3.05, 3.63) is 417 Å². The molecule has 556 valence electrons. The lowest BCUT2D eigenvalue weighted by atomic mass is 9.85. The van der Waals surface area contributed by atoms with E-state index in [0.717, 1.165) is 176 Å². The third-order valence-electron chi connectivity index (χ3n) is 23.7. The van der Waals surface area contributed by atoms with E-state index in [4.69, 9.17) is 29.5 Å². The normalized spacial score (nSPS) is 11.5. The van der Waals surface area contributed by atoms with Crippen molar-refractivity contribution in [3.8, 4) is 101 Å². The Kier molecular flexibility index (Phi) is 16.9. The Morgan fingerprint density at radius 2 is 0.558 bits per heavy atom. The SMILES string of the molecule is N#Cc1ccc(-c2ccc3cc(-c4c5ccccc5c(-c5ccccc5)c5ccccc45)ccc3c2)cc1.N#Cc1ccccc1-c1cccc(-c2ccc(-c3c4oc5ccccc5c4cc4c3oc3ccccc34)c3ccccc23)c1.[C-]#[N+]c1ccccc1-c1ccc(-c2c3oc4ccccc4c3cc3c2oc2ccccc23)c2ccccc12. The third-order valence-corrected chi connectivity index (χ3v) is 23.7. The molecule has 0 aliphatic rings. The second-order valence-electron chi connectivity index (χ2n) is 30.4. The van der Waals surface area contributed by atoms with Gasteiger partial charge in [0.1, 0.15) is 44.7 Å². The number of fused-ring (bicyclic) bond motifs is 17. The number of benzene rings is 20. The van der Waals surface area contributed by atoms with E-state index in [1.807, 2.05) is 133 Å². The molecule has 0 saturated heterocycles. The minimum atomic E-state index is 0.643. The quantitative estimate of drug-likeness (QED) is 0.111. The van der Waals surface area contributed by atoms with Crippen molar-refractivity contribution in [2.24, 2.45) is 0 Å². The van der Waals surface area contributed by atoms with Gasteiger partial charge in [0.15, 0.2) is 5.69 Å². The minimum absolute atomic E-state index is 0.643. The van der Waals surface area contributed by atoms with Crippen molar-refractivity contribution in [1.29, 1.82) is 10.5 Å². The van der Waals surface area contributed by atoms with Crippen LogP contribution in [0.15, 0.2) is 412 Å². The van der Waals surface area contributed by atoms with Crippen LogP contribution in [0.1, 0.15) is 11.1 Å². The summed E-state index contributed by atoms with van der Waals surface area (Å²) in [5.74, 6) is 0. The highest BCUT2D eigenvalue weighted by Crippen LogP contribution is 2.52. The average Bonchev–Trinajstić information content (AvgIpc) is 1.49. The zero-order valence-corrected chi connectivity index (χ0v) is 64.5. The average molecular weight is 1530 g/mol. The van der Waals surface area contributed by atoms with Crippen LogP contribution in [0.3, 0.4) is 0 Å². The lowest BCUT2D eigenvalue weighted by Gasteiger charge is -2.18. The van der Waals surface area contributed by atoms with E-state index in [1.165, 1.54) is 54.6 Å². The fourth-order valence-corrected chi connectivity index (χ4v) is 18.2. The predicted molar refractivity (Wildman–Crippen MR) is 495 cm³/mol. The second-order valence-corrected chi connectivity index (χ2v) is 30.4. The van der Waals surface area contributed by atoms with Gasteiger partial charge in [0, 0.05) is 43.1 Å². The van der Waals surface area contributed by atoms with Gasteiger partial charge in [-0.3, -0.25) is 0 Å². The van der Waals surface area contributed by atoms with Crippen molar-refractivity contribution >= 4 is 147 Å². The summed E-state index contributed by atoms with van der Waals surface area (Å²) in [7, 11) is 0. The van der Waals surface area contributed by atoms with E-state index in [0.29, 0.717) is 16.8 Å². The second kappa shape index (κ2) is 29.0. The summed E-state index contributed by atoms with van der Waals surface area (Å²) in [5.41, 5.74) is 26.1. The van der Waals surface area contributed by atoms with E-state index < -0.39 is 0 Å². The predicted octanol–water partition coefficient (Wildman–Crippen LogP) is 32.1. The van der Waals surface area contributed by atoms with Gasteiger partial charge in [-0.2, -0.15) is 10.5 Å². The van der Waals surface area contributed by atoms with Crippen LogP contribution in [0.5, 0.6) is 0 Å². The molecule has 0 atom stereocenters. The molecular weight excluding hydrogens is 1460 g/mol. The largest absolute Gasteiger partial charge is 0.455 e. The summed E-state index contributed by atoms with van der Waals surface area (Å²) in [6.07, 6.45) is 0. The van der Waals surface area contributed by atoms with E-state index in [1.54, 1.807) is 0 Å². The molecule has 0 N–H and O–H groups in total. The van der Waals surface area contributed by atoms with E-state index in [2.05, 4.69) is 278 Å². The van der Waals surface area contributed by atoms with E-state index in [-0.39, 0.29) is 0 Å². The summed E-state index contributed by atoms with van der Waals surface area (Å²) >= 11 is 0. The van der Waals surface area contributed by atoms with Gasteiger partial charge in [0.2, 0.25) is 0 Å². The molecule has 24 rings (SSSR count). The van der Waals surface area contributed by atoms with Crippen molar-refractivity contribution in [2.75, 3.05) is 0 Å². The van der Waals surface area contributed by atoms with Crippen LogP contribution in [0.4, 0.5) is 5.69 Å². The highest BCUT2D eigenvalue weighted by Gasteiger charge is 2.27. The van der Waals surface area contributed by atoms with Gasteiger partial charge < -0.3 is 17.7 Å². The first-order valence-electron chi connectivity index (χ1n) is 40.1. The van der Waals surface area contributed by atoms with Gasteiger partial charge in [-0.25, -0.2) is 4.85 Å². The topological polar surface area (TPSA) is 104 Å². The van der Waals surface area contributed by atoms with E-state index >= 15 is 0 Å². The lowest BCUT2D eigenvalue weighted by molar-refractivity contribution is 0.657. The zero-order chi connectivity index (χ0) is 79.9. The molecule has 24 aromatic rings. The maximum Gasteiger partial charge on any atom is 0.194 e. The molecule has 20 aromatic carbocycles. The summed E-state index contributed by atoms with van der Waals surface area (Å²) in [5, 5.41) is 39.4. The molecule has 7 heteroatoms. The molecular formula is C113H65N3O4. The van der Waals surface area contributed by atoms with Crippen LogP contribution in [-0.2, 0) is 0 Å². The molecule has 4 aromatic heterocycles. The van der Waals surface area contributed by atoms with Crippen LogP contribution in [0.25, 0.3) is 235 Å². The zero-order valence-electron chi connectivity index (χ0n) is 64.5. The van der Waals surface area contributed by atoms with Gasteiger partial charge in [-0.15, -0.1) is 0 Å². The van der Waals surface area contributed by atoms with Gasteiger partial charge in [-0.1, -0.05) is 322 Å². The van der Waals surface area contributed by atoms with Crippen LogP contribution in [0.2, 0.25) is 0 Å². The summed E-state index contributed by atoms with van der Waals surface area (Å²) in [4.78, 5) is 3.78. The Morgan fingerprint density at radius 3 is 1.03 bits per heavy atom. The highest BCUT2D eigenvalue weighted by molar-refractivity contribution is 6.27. The van der Waals surface area contributed by atoms with Gasteiger partial charge in [0.05, 0.1) is 41.0 Å². The first-order chi connectivity index (χ1) is 59.4. The molecule has 0 saturated carbocycles. The fourth-order valence-electron chi connectivity index (χ4n) is 18.2. The maximum atomic E-state index is 9.72. The summed E-state index contributed by atoms with van der Waals surface area (Å²) in [6, 6.07) is 141. The molecule has 0 amide bonds. The number of hydrogen-bond donors (Lipinski definition) is 0. The molecule has 0 unspecified atom stereocenters. The van der Waals surface area contributed by atoms with Crippen LogP contribution in [0, 0.1) is 29.2 Å². The van der Waals surface area contributed by atoms with Gasteiger partial charge in [-0.05, 0) is 205 Å². The maximum absolute atomic E-state index is 9.72. The third kappa shape index (κ3) is 11.7. The first-order valence-corrected chi connectivity index (χ1v) is 40.1. The van der Waals surface area contributed by atoms with Crippen molar-refractivity contribution < 1.29 is 17.7 Å².